The maximum absolute atomic E-state index is 13.1. The van der Waals surface area contributed by atoms with Crippen LogP contribution < -0.4 is 4.74 Å². The Kier molecular flexibility index (Phi) is 6.58. The summed E-state index contributed by atoms with van der Waals surface area (Å²) in [6.45, 7) is -0.715. The number of piperidine rings is 1. The van der Waals surface area contributed by atoms with Crippen LogP contribution in [0.5, 0.6) is 5.75 Å². The van der Waals surface area contributed by atoms with Crippen LogP contribution in [0.1, 0.15) is 24.0 Å². The molecule has 2 atom stereocenters. The van der Waals surface area contributed by atoms with E-state index in [1.807, 2.05) is 0 Å². The summed E-state index contributed by atoms with van der Waals surface area (Å²) in [6, 6.07) is 8.58. The minimum absolute atomic E-state index is 0.0183. The highest BCUT2D eigenvalue weighted by Crippen LogP contribution is 2.32. The lowest BCUT2D eigenvalue weighted by molar-refractivity contribution is -0.143. The highest BCUT2D eigenvalue weighted by atomic mass is 32.2. The molecular weight excluding hydrogens is 439 g/mol. The second-order valence-electron chi connectivity index (χ2n) is 7.07. The summed E-state index contributed by atoms with van der Waals surface area (Å²) in [5, 5.41) is 19.1. The molecule has 7 nitrogen and oxygen atoms in total. The minimum Gasteiger partial charge on any atom is -0.489 e. The van der Waals surface area contributed by atoms with E-state index in [4.69, 9.17) is 4.74 Å². The molecule has 0 bridgehead atoms. The zero-order valence-electron chi connectivity index (χ0n) is 16.1. The average Bonchev–Trinajstić information content (AvgIpc) is 2.72. The van der Waals surface area contributed by atoms with E-state index >= 15 is 0 Å². The maximum Gasteiger partial charge on any atom is 0.416 e. The molecule has 2 N–H and O–H groups in total. The molecule has 0 radical (unpaired) electrons. The number of halogens is 3. The van der Waals surface area contributed by atoms with E-state index in [1.54, 1.807) is 0 Å². The largest absolute Gasteiger partial charge is 0.489 e. The van der Waals surface area contributed by atoms with Gasteiger partial charge in [0.15, 0.2) is 0 Å². The fourth-order valence-corrected chi connectivity index (χ4v) is 5.01. The van der Waals surface area contributed by atoms with Gasteiger partial charge in [0.1, 0.15) is 18.4 Å². The molecule has 3 rings (SSSR count). The molecule has 1 saturated heterocycles. The molecule has 1 aliphatic heterocycles. The smallest absolute Gasteiger partial charge is 0.416 e. The number of carboxylic acids is 1. The fraction of sp³-hybridized carbons (Fsp3) is 0.350. The number of aliphatic hydroxyl groups excluding tert-OH is 1. The van der Waals surface area contributed by atoms with Gasteiger partial charge in [-0.1, -0.05) is 18.2 Å². The van der Waals surface area contributed by atoms with E-state index in [2.05, 4.69) is 0 Å². The number of hydrogen-bond acceptors (Lipinski definition) is 5. The topological polar surface area (TPSA) is 104 Å². The molecule has 0 aromatic heterocycles. The second kappa shape index (κ2) is 8.85. The highest BCUT2D eigenvalue weighted by Gasteiger charge is 2.40. The van der Waals surface area contributed by atoms with Crippen LogP contribution in [0, 0.1) is 0 Å². The predicted molar refractivity (Wildman–Crippen MR) is 103 cm³/mol. The lowest BCUT2D eigenvalue weighted by Gasteiger charge is -2.34. The van der Waals surface area contributed by atoms with Gasteiger partial charge in [-0.25, -0.2) is 8.42 Å². The second-order valence-corrected chi connectivity index (χ2v) is 8.97. The predicted octanol–water partition coefficient (Wildman–Crippen LogP) is 2.88. The van der Waals surface area contributed by atoms with Gasteiger partial charge in [0.2, 0.25) is 10.0 Å². The number of hydrogen-bond donors (Lipinski definition) is 2. The quantitative estimate of drug-likeness (QED) is 0.689. The number of nitrogens with zero attached hydrogens (tertiary/aromatic N) is 1. The van der Waals surface area contributed by atoms with Gasteiger partial charge in [-0.15, -0.1) is 0 Å². The van der Waals surface area contributed by atoms with Crippen molar-refractivity contribution in [3.05, 3.63) is 59.7 Å². The first-order valence-corrected chi connectivity index (χ1v) is 10.7. The lowest BCUT2D eigenvalue weighted by Crippen LogP contribution is -2.51. The van der Waals surface area contributed by atoms with E-state index in [9.17, 15) is 36.6 Å². The number of ether oxygens (including phenoxy) is 1. The van der Waals surface area contributed by atoms with Crippen molar-refractivity contribution in [3.8, 4) is 5.75 Å². The molecule has 2 aromatic carbocycles. The highest BCUT2D eigenvalue weighted by molar-refractivity contribution is 7.89. The van der Waals surface area contributed by atoms with Crippen LogP contribution in [0.25, 0.3) is 0 Å². The molecule has 1 fully saturated rings. The number of carboxylic acid groups (broad SMARTS) is 1. The Morgan fingerprint density at radius 1 is 1.10 bits per heavy atom. The van der Waals surface area contributed by atoms with Gasteiger partial charge in [0.05, 0.1) is 16.6 Å². The molecule has 168 valence electrons. The van der Waals surface area contributed by atoms with E-state index < -0.39 is 39.9 Å². The van der Waals surface area contributed by atoms with Crippen molar-refractivity contribution in [1.29, 1.82) is 0 Å². The van der Waals surface area contributed by atoms with Crippen molar-refractivity contribution in [2.24, 2.45) is 0 Å². The summed E-state index contributed by atoms with van der Waals surface area (Å²) in [7, 11) is -4.21. The summed E-state index contributed by atoms with van der Waals surface area (Å²) >= 11 is 0. The Labute approximate surface area is 176 Å². The summed E-state index contributed by atoms with van der Waals surface area (Å²) in [6.07, 6.45) is -5.34. The molecule has 0 amide bonds. The molecule has 31 heavy (non-hydrogen) atoms. The SMILES string of the molecule is O=C(O)C1CCC(O)CN1S(=O)(=O)c1ccc(OCc2ccccc2C(F)(F)F)cc1. The van der Waals surface area contributed by atoms with Gasteiger partial charge in [-0.05, 0) is 43.2 Å². The fourth-order valence-electron chi connectivity index (χ4n) is 3.36. The van der Waals surface area contributed by atoms with Crippen LogP contribution in [-0.2, 0) is 27.6 Å². The number of rotatable bonds is 6. The van der Waals surface area contributed by atoms with Gasteiger partial charge < -0.3 is 14.9 Å². The zero-order valence-corrected chi connectivity index (χ0v) is 16.9. The Balaban J connectivity index is 1.76. The van der Waals surface area contributed by atoms with Crippen molar-refractivity contribution >= 4 is 16.0 Å². The van der Waals surface area contributed by atoms with Crippen molar-refractivity contribution < 1.29 is 41.3 Å². The minimum atomic E-state index is -4.53. The third-order valence-electron chi connectivity index (χ3n) is 4.94. The summed E-state index contributed by atoms with van der Waals surface area (Å²) in [5.74, 6) is -1.16. The van der Waals surface area contributed by atoms with Crippen LogP contribution >= 0.6 is 0 Å². The monoisotopic (exact) mass is 459 g/mol. The van der Waals surface area contributed by atoms with Crippen LogP contribution in [0.15, 0.2) is 53.4 Å². The van der Waals surface area contributed by atoms with Gasteiger partial charge in [-0.3, -0.25) is 4.79 Å². The molecule has 2 aromatic rings. The number of benzene rings is 2. The summed E-state index contributed by atoms with van der Waals surface area (Å²) < 4.78 is 71.1. The molecule has 0 saturated carbocycles. The molecule has 0 spiro atoms. The summed E-state index contributed by atoms with van der Waals surface area (Å²) in [4.78, 5) is 11.2. The summed E-state index contributed by atoms with van der Waals surface area (Å²) in [5.41, 5.74) is -0.893. The van der Waals surface area contributed by atoms with Crippen molar-refractivity contribution in [3.63, 3.8) is 0 Å². The molecular formula is C20H20F3NO6S. The Morgan fingerprint density at radius 3 is 2.35 bits per heavy atom. The molecule has 11 heteroatoms. The van der Waals surface area contributed by atoms with E-state index in [1.165, 1.54) is 42.5 Å². The van der Waals surface area contributed by atoms with Crippen molar-refractivity contribution in [1.82, 2.24) is 4.31 Å². The van der Waals surface area contributed by atoms with E-state index in [0.717, 1.165) is 10.4 Å². The number of β-amino-alcohol motifs (C(OH)–C–C–N with tert-alkyl or cyclic N) is 1. The Hall–Kier alpha value is -2.63. The van der Waals surface area contributed by atoms with Gasteiger partial charge in [0, 0.05) is 12.1 Å². The van der Waals surface area contributed by atoms with E-state index in [-0.39, 0.29) is 42.2 Å². The maximum atomic E-state index is 13.1. The molecule has 2 unspecified atom stereocenters. The Morgan fingerprint density at radius 2 is 1.74 bits per heavy atom. The molecule has 1 heterocycles. The van der Waals surface area contributed by atoms with Crippen LogP contribution in [-0.4, -0.2) is 47.6 Å². The van der Waals surface area contributed by atoms with Crippen molar-refractivity contribution in [2.75, 3.05) is 6.54 Å². The number of aliphatic hydroxyl groups is 1. The van der Waals surface area contributed by atoms with Gasteiger partial charge in [-0.2, -0.15) is 17.5 Å². The standard InChI is InChI=1S/C20H20F3NO6S/c21-20(22,23)17-4-2-1-3-13(17)12-30-15-6-8-16(9-7-15)31(28,29)24-11-14(25)5-10-18(24)19(26)27/h1-4,6-9,14,18,25H,5,10-12H2,(H,26,27). The Bertz CT molecular complexity index is 1040. The third-order valence-corrected chi connectivity index (χ3v) is 6.83. The molecule has 0 aliphatic carbocycles. The lowest BCUT2D eigenvalue weighted by atomic mass is 10.0. The number of carbonyl (C=O) groups is 1. The normalized spacial score (nSPS) is 20.4. The average molecular weight is 459 g/mol. The first-order chi connectivity index (χ1) is 14.5. The first kappa shape index (κ1) is 23.0. The van der Waals surface area contributed by atoms with Gasteiger partial charge >= 0.3 is 12.1 Å². The van der Waals surface area contributed by atoms with Gasteiger partial charge in [0.25, 0.3) is 0 Å². The van der Waals surface area contributed by atoms with Crippen LogP contribution in [0.4, 0.5) is 13.2 Å². The first-order valence-electron chi connectivity index (χ1n) is 9.31. The number of alkyl halides is 3. The van der Waals surface area contributed by atoms with Crippen molar-refractivity contribution in [2.45, 2.75) is 42.7 Å². The van der Waals surface area contributed by atoms with Crippen LogP contribution in [0.3, 0.4) is 0 Å². The number of sulfonamides is 1. The zero-order chi connectivity index (χ0) is 22.8. The van der Waals surface area contributed by atoms with Crippen LogP contribution in [0.2, 0.25) is 0 Å². The van der Waals surface area contributed by atoms with E-state index in [0.29, 0.717) is 0 Å². The molecule has 1 aliphatic rings. The number of aliphatic carboxylic acids is 1. The third kappa shape index (κ3) is 5.17.